The van der Waals surface area contributed by atoms with E-state index in [0.29, 0.717) is 12.5 Å². The van der Waals surface area contributed by atoms with Crippen LogP contribution in [0.5, 0.6) is 11.5 Å². The standard InChI is InChI=1S/C14H22N2O2/c1-16(9-11-3-2-6-15-8-11)10-12-4-5-13(17)7-14(12)18/h4-5,7,11,15,17-18H,2-3,6,8-10H2,1H3. The molecule has 1 atom stereocenters. The summed E-state index contributed by atoms with van der Waals surface area (Å²) >= 11 is 0. The molecule has 0 aliphatic carbocycles. The van der Waals surface area contributed by atoms with Crippen molar-refractivity contribution in [2.24, 2.45) is 5.92 Å². The normalized spacial score (nSPS) is 20.2. The SMILES string of the molecule is CN(Cc1ccc(O)cc1O)CC1CCCNC1. The van der Waals surface area contributed by atoms with Gasteiger partial charge in [0.1, 0.15) is 11.5 Å². The molecular weight excluding hydrogens is 228 g/mol. The van der Waals surface area contributed by atoms with Crippen molar-refractivity contribution in [3.8, 4) is 11.5 Å². The maximum atomic E-state index is 9.75. The number of rotatable bonds is 4. The molecule has 0 spiro atoms. The van der Waals surface area contributed by atoms with Gasteiger partial charge in [-0.25, -0.2) is 0 Å². The van der Waals surface area contributed by atoms with Crippen molar-refractivity contribution in [3.05, 3.63) is 23.8 Å². The molecule has 1 heterocycles. The molecule has 1 fully saturated rings. The predicted octanol–water partition coefficient (Wildman–Crippen LogP) is 1.53. The Labute approximate surface area is 108 Å². The Morgan fingerprint density at radius 3 is 2.89 bits per heavy atom. The van der Waals surface area contributed by atoms with Crippen molar-refractivity contribution >= 4 is 0 Å². The van der Waals surface area contributed by atoms with Crippen molar-refractivity contribution in [3.63, 3.8) is 0 Å². The molecule has 3 N–H and O–H groups in total. The van der Waals surface area contributed by atoms with Gasteiger partial charge in [-0.1, -0.05) is 6.07 Å². The summed E-state index contributed by atoms with van der Waals surface area (Å²) in [6.45, 7) is 3.97. The number of phenols is 2. The highest BCUT2D eigenvalue weighted by atomic mass is 16.3. The highest BCUT2D eigenvalue weighted by molar-refractivity contribution is 5.38. The number of nitrogens with one attached hydrogen (secondary N) is 1. The molecule has 18 heavy (non-hydrogen) atoms. The van der Waals surface area contributed by atoms with Crippen LogP contribution < -0.4 is 5.32 Å². The third kappa shape index (κ3) is 3.62. The van der Waals surface area contributed by atoms with Gasteiger partial charge < -0.3 is 20.4 Å². The number of phenolic OH excluding ortho intramolecular Hbond substituents is 2. The molecule has 1 aliphatic heterocycles. The van der Waals surface area contributed by atoms with E-state index in [2.05, 4.69) is 17.3 Å². The third-order valence-corrected chi connectivity index (χ3v) is 3.48. The van der Waals surface area contributed by atoms with Crippen LogP contribution in [0.15, 0.2) is 18.2 Å². The Hall–Kier alpha value is -1.26. The molecule has 0 aromatic heterocycles. The maximum Gasteiger partial charge on any atom is 0.123 e. The molecule has 2 rings (SSSR count). The Balaban J connectivity index is 1.87. The molecule has 1 saturated heterocycles. The Morgan fingerprint density at radius 2 is 2.22 bits per heavy atom. The summed E-state index contributed by atoms with van der Waals surface area (Å²) in [6, 6.07) is 4.79. The Kier molecular flexibility index (Phi) is 4.44. The van der Waals surface area contributed by atoms with Gasteiger partial charge in [-0.2, -0.15) is 0 Å². The van der Waals surface area contributed by atoms with E-state index in [4.69, 9.17) is 0 Å². The van der Waals surface area contributed by atoms with Crippen LogP contribution >= 0.6 is 0 Å². The lowest BCUT2D eigenvalue weighted by atomic mass is 9.99. The highest BCUT2D eigenvalue weighted by Crippen LogP contribution is 2.24. The molecule has 0 bridgehead atoms. The van der Waals surface area contributed by atoms with Crippen LogP contribution in [0.2, 0.25) is 0 Å². The summed E-state index contributed by atoms with van der Waals surface area (Å²) in [4.78, 5) is 2.23. The molecule has 100 valence electrons. The first kappa shape index (κ1) is 13.2. The summed E-state index contributed by atoms with van der Waals surface area (Å²) in [7, 11) is 2.07. The Bertz CT molecular complexity index is 389. The summed E-state index contributed by atoms with van der Waals surface area (Å²) in [5, 5.41) is 22.4. The monoisotopic (exact) mass is 250 g/mol. The topological polar surface area (TPSA) is 55.7 Å². The van der Waals surface area contributed by atoms with Crippen LogP contribution in [0.25, 0.3) is 0 Å². The van der Waals surface area contributed by atoms with Gasteiger partial charge in [-0.05, 0) is 45.0 Å². The van der Waals surface area contributed by atoms with E-state index in [1.807, 2.05) is 0 Å². The largest absolute Gasteiger partial charge is 0.508 e. The van der Waals surface area contributed by atoms with Crippen LogP contribution in [0.3, 0.4) is 0 Å². The van der Waals surface area contributed by atoms with Crippen LogP contribution in [0.1, 0.15) is 18.4 Å². The van der Waals surface area contributed by atoms with Gasteiger partial charge in [0, 0.05) is 24.7 Å². The van der Waals surface area contributed by atoms with Crippen LogP contribution in [0.4, 0.5) is 0 Å². The first-order valence-electron chi connectivity index (χ1n) is 6.55. The lowest BCUT2D eigenvalue weighted by Gasteiger charge is -2.27. The van der Waals surface area contributed by atoms with Crippen molar-refractivity contribution in [2.75, 3.05) is 26.7 Å². The minimum atomic E-state index is 0.107. The third-order valence-electron chi connectivity index (χ3n) is 3.48. The van der Waals surface area contributed by atoms with E-state index in [0.717, 1.165) is 25.2 Å². The summed E-state index contributed by atoms with van der Waals surface area (Å²) in [5.74, 6) is 0.974. The van der Waals surface area contributed by atoms with E-state index < -0.39 is 0 Å². The molecule has 1 aliphatic rings. The smallest absolute Gasteiger partial charge is 0.123 e. The molecule has 4 nitrogen and oxygen atoms in total. The number of aromatic hydroxyl groups is 2. The number of benzene rings is 1. The molecule has 0 saturated carbocycles. The fraction of sp³-hybridized carbons (Fsp3) is 0.571. The van der Waals surface area contributed by atoms with Gasteiger partial charge in [0.25, 0.3) is 0 Å². The average Bonchev–Trinajstić information content (AvgIpc) is 2.34. The van der Waals surface area contributed by atoms with E-state index in [1.165, 1.54) is 18.9 Å². The first-order chi connectivity index (χ1) is 8.65. The second-order valence-electron chi connectivity index (χ2n) is 5.22. The van der Waals surface area contributed by atoms with E-state index in [-0.39, 0.29) is 11.5 Å². The van der Waals surface area contributed by atoms with Gasteiger partial charge in [0.15, 0.2) is 0 Å². The van der Waals surface area contributed by atoms with Crippen LogP contribution in [-0.2, 0) is 6.54 Å². The van der Waals surface area contributed by atoms with Crippen molar-refractivity contribution in [1.82, 2.24) is 10.2 Å². The average molecular weight is 250 g/mol. The van der Waals surface area contributed by atoms with Gasteiger partial charge in [0.05, 0.1) is 0 Å². The highest BCUT2D eigenvalue weighted by Gasteiger charge is 2.15. The molecule has 1 aromatic rings. The number of nitrogens with zero attached hydrogens (tertiary/aromatic N) is 1. The molecule has 0 amide bonds. The van der Waals surface area contributed by atoms with Gasteiger partial charge >= 0.3 is 0 Å². The molecule has 0 radical (unpaired) electrons. The van der Waals surface area contributed by atoms with Gasteiger partial charge in [0.2, 0.25) is 0 Å². The first-order valence-corrected chi connectivity index (χ1v) is 6.55. The summed E-state index contributed by atoms with van der Waals surface area (Å²) in [5.41, 5.74) is 0.860. The number of hydrogen-bond donors (Lipinski definition) is 3. The fourth-order valence-electron chi connectivity index (χ4n) is 2.56. The lowest BCUT2D eigenvalue weighted by Crippen LogP contribution is -2.36. The second-order valence-corrected chi connectivity index (χ2v) is 5.22. The number of hydrogen-bond acceptors (Lipinski definition) is 4. The van der Waals surface area contributed by atoms with E-state index in [9.17, 15) is 10.2 Å². The van der Waals surface area contributed by atoms with E-state index >= 15 is 0 Å². The predicted molar refractivity (Wildman–Crippen MR) is 71.7 cm³/mol. The van der Waals surface area contributed by atoms with Crippen molar-refractivity contribution < 1.29 is 10.2 Å². The van der Waals surface area contributed by atoms with Crippen molar-refractivity contribution in [2.45, 2.75) is 19.4 Å². The summed E-state index contributed by atoms with van der Waals surface area (Å²) < 4.78 is 0. The minimum Gasteiger partial charge on any atom is -0.508 e. The van der Waals surface area contributed by atoms with Crippen LogP contribution in [-0.4, -0.2) is 41.8 Å². The molecule has 4 heteroatoms. The second kappa shape index (κ2) is 6.07. The molecular formula is C14H22N2O2. The fourth-order valence-corrected chi connectivity index (χ4v) is 2.56. The molecule has 1 unspecified atom stereocenters. The lowest BCUT2D eigenvalue weighted by molar-refractivity contribution is 0.235. The van der Waals surface area contributed by atoms with Crippen molar-refractivity contribution in [1.29, 1.82) is 0 Å². The molecule has 1 aromatic carbocycles. The van der Waals surface area contributed by atoms with Gasteiger partial charge in [-0.3, -0.25) is 0 Å². The van der Waals surface area contributed by atoms with E-state index in [1.54, 1.807) is 12.1 Å². The summed E-state index contributed by atoms with van der Waals surface area (Å²) in [6.07, 6.45) is 2.53. The zero-order valence-corrected chi connectivity index (χ0v) is 10.9. The minimum absolute atomic E-state index is 0.107. The zero-order chi connectivity index (χ0) is 13.0. The zero-order valence-electron chi connectivity index (χ0n) is 10.9. The maximum absolute atomic E-state index is 9.75. The number of piperidine rings is 1. The van der Waals surface area contributed by atoms with Crippen LogP contribution in [0, 0.1) is 5.92 Å². The Morgan fingerprint density at radius 1 is 1.39 bits per heavy atom. The quantitative estimate of drug-likeness (QED) is 0.758. The van der Waals surface area contributed by atoms with Gasteiger partial charge in [-0.15, -0.1) is 0 Å².